The van der Waals surface area contributed by atoms with E-state index >= 15 is 0 Å². The first-order valence-corrected chi connectivity index (χ1v) is 9.93. The molecule has 1 N–H and O–H groups in total. The van der Waals surface area contributed by atoms with E-state index in [0.717, 1.165) is 16.9 Å². The highest BCUT2D eigenvalue weighted by Gasteiger charge is 2.33. The highest BCUT2D eigenvalue weighted by atomic mass is 35.5. The Bertz CT molecular complexity index is 1130. The Morgan fingerprint density at radius 1 is 1.04 bits per heavy atom. The van der Waals surface area contributed by atoms with Gasteiger partial charge in [-0.15, -0.1) is 0 Å². The van der Waals surface area contributed by atoms with Crippen LogP contribution in [0.25, 0.3) is 5.69 Å². The molecule has 0 aliphatic rings. The lowest BCUT2D eigenvalue weighted by atomic mass is 10.2. The Morgan fingerprint density at radius 3 is 2.25 bits per heavy atom. The molecule has 0 amide bonds. The number of halogens is 5. The Morgan fingerprint density at radius 2 is 1.68 bits per heavy atom. The Kier molecular flexibility index (Phi) is 5.35. The van der Waals surface area contributed by atoms with Gasteiger partial charge in [0.1, 0.15) is 4.90 Å². The van der Waals surface area contributed by atoms with Gasteiger partial charge in [-0.1, -0.05) is 23.2 Å². The summed E-state index contributed by atoms with van der Waals surface area (Å²) in [5.74, 6) is 0. The van der Waals surface area contributed by atoms with E-state index in [2.05, 4.69) is 9.82 Å². The molecule has 0 unspecified atom stereocenters. The highest BCUT2D eigenvalue weighted by Crippen LogP contribution is 2.30. The first kappa shape index (κ1) is 20.5. The first-order chi connectivity index (χ1) is 13.0. The van der Waals surface area contributed by atoms with Crippen LogP contribution in [0.1, 0.15) is 11.3 Å². The summed E-state index contributed by atoms with van der Waals surface area (Å²) in [4.78, 5) is -0.137. The monoisotopic (exact) mass is 449 g/mol. The van der Waals surface area contributed by atoms with Gasteiger partial charge in [-0.25, -0.2) is 13.1 Å². The third-order valence-electron chi connectivity index (χ3n) is 3.77. The number of nitrogens with one attached hydrogen (secondary N) is 1. The fraction of sp³-hybridized carbons (Fsp3) is 0.118. The van der Waals surface area contributed by atoms with Crippen LogP contribution in [0.2, 0.25) is 10.0 Å². The second-order valence-electron chi connectivity index (χ2n) is 5.83. The summed E-state index contributed by atoms with van der Waals surface area (Å²) in [5, 5.41) is 3.76. The molecule has 0 saturated heterocycles. The first-order valence-electron chi connectivity index (χ1n) is 7.69. The number of hydrogen-bond donors (Lipinski definition) is 1. The molecule has 0 fully saturated rings. The van der Waals surface area contributed by atoms with Crippen LogP contribution in [0.5, 0.6) is 0 Å². The summed E-state index contributed by atoms with van der Waals surface area (Å²) in [6.07, 6.45) is -3.38. The van der Waals surface area contributed by atoms with E-state index in [9.17, 15) is 21.6 Å². The summed E-state index contributed by atoms with van der Waals surface area (Å²) in [5.41, 5.74) is 0.0559. The molecule has 0 aliphatic carbocycles. The molecule has 2 aromatic carbocycles. The molecule has 0 aliphatic heterocycles. The fourth-order valence-corrected chi connectivity index (χ4v) is 4.24. The summed E-state index contributed by atoms with van der Waals surface area (Å²) in [6, 6.07) is 9.20. The number of alkyl halides is 3. The summed E-state index contributed by atoms with van der Waals surface area (Å²) in [7, 11) is -3.99. The maximum Gasteiger partial charge on any atom is 0.435 e. The largest absolute Gasteiger partial charge is 0.435 e. The van der Waals surface area contributed by atoms with Gasteiger partial charge in [0.2, 0.25) is 0 Å². The van der Waals surface area contributed by atoms with E-state index in [4.69, 9.17) is 23.2 Å². The zero-order valence-electron chi connectivity index (χ0n) is 14.1. The summed E-state index contributed by atoms with van der Waals surface area (Å²) >= 11 is 11.9. The van der Waals surface area contributed by atoms with Crippen LogP contribution in [-0.4, -0.2) is 18.2 Å². The van der Waals surface area contributed by atoms with Crippen LogP contribution in [0.3, 0.4) is 0 Å². The van der Waals surface area contributed by atoms with Crippen LogP contribution < -0.4 is 4.72 Å². The van der Waals surface area contributed by atoms with E-state index in [1.807, 2.05) is 0 Å². The van der Waals surface area contributed by atoms with Crippen LogP contribution in [0.15, 0.2) is 53.6 Å². The topological polar surface area (TPSA) is 64.0 Å². The molecule has 0 bridgehead atoms. The van der Waals surface area contributed by atoms with E-state index in [1.165, 1.54) is 36.4 Å². The van der Waals surface area contributed by atoms with Crippen molar-refractivity contribution in [3.8, 4) is 5.69 Å². The predicted octanol–water partition coefficient (Wildman–Crippen LogP) is 5.31. The Hall–Kier alpha value is -2.23. The molecule has 0 atom stereocenters. The zero-order valence-corrected chi connectivity index (χ0v) is 16.5. The molecular weight excluding hydrogens is 438 g/mol. The fourth-order valence-electron chi connectivity index (χ4n) is 2.35. The summed E-state index contributed by atoms with van der Waals surface area (Å²) < 4.78 is 66.5. The van der Waals surface area contributed by atoms with Crippen LogP contribution in [-0.2, 0) is 16.2 Å². The van der Waals surface area contributed by atoms with Crippen molar-refractivity contribution < 1.29 is 21.6 Å². The quantitative estimate of drug-likeness (QED) is 0.586. The minimum atomic E-state index is -4.54. The molecule has 0 radical (unpaired) electrons. The van der Waals surface area contributed by atoms with Crippen molar-refractivity contribution in [2.45, 2.75) is 18.0 Å². The molecule has 0 spiro atoms. The molecule has 5 nitrogen and oxygen atoms in total. The number of nitrogens with zero attached hydrogens (tertiary/aromatic N) is 2. The molecule has 148 valence electrons. The SMILES string of the molecule is Cc1cc(S(=O)(=O)Nc2ccc(-n3ccc(C(F)(F)F)n3)cc2)c(Cl)cc1Cl. The minimum Gasteiger partial charge on any atom is -0.280 e. The molecular formula is C17H12Cl2F3N3O2S. The van der Waals surface area contributed by atoms with Crippen molar-refractivity contribution in [2.24, 2.45) is 0 Å². The molecule has 3 aromatic rings. The zero-order chi connectivity index (χ0) is 20.7. The molecule has 11 heteroatoms. The number of benzene rings is 2. The maximum absolute atomic E-state index is 12.6. The van der Waals surface area contributed by atoms with Crippen LogP contribution >= 0.6 is 23.2 Å². The van der Waals surface area contributed by atoms with Crippen molar-refractivity contribution in [2.75, 3.05) is 4.72 Å². The maximum atomic E-state index is 12.6. The van der Waals surface area contributed by atoms with Gasteiger partial charge in [0.15, 0.2) is 5.69 Å². The average Bonchev–Trinajstić information content (AvgIpc) is 3.09. The smallest absolute Gasteiger partial charge is 0.280 e. The standard InChI is InChI=1S/C17H12Cl2F3N3O2S/c1-10-8-15(14(19)9-13(10)18)28(26,27)24-11-2-4-12(5-3-11)25-7-6-16(23-25)17(20,21)22/h2-9,24H,1H3. The molecule has 3 rings (SSSR count). The van der Waals surface area contributed by atoms with E-state index < -0.39 is 21.9 Å². The third kappa shape index (κ3) is 4.26. The summed E-state index contributed by atoms with van der Waals surface area (Å²) in [6.45, 7) is 1.64. The predicted molar refractivity (Wildman–Crippen MR) is 101 cm³/mol. The van der Waals surface area contributed by atoms with Crippen molar-refractivity contribution in [3.63, 3.8) is 0 Å². The highest BCUT2D eigenvalue weighted by molar-refractivity contribution is 7.92. The van der Waals surface area contributed by atoms with Gasteiger partial charge in [-0.3, -0.25) is 4.72 Å². The van der Waals surface area contributed by atoms with Gasteiger partial charge in [-0.2, -0.15) is 18.3 Å². The number of hydrogen-bond acceptors (Lipinski definition) is 3. The van der Waals surface area contributed by atoms with Crippen LogP contribution in [0, 0.1) is 6.92 Å². The lowest BCUT2D eigenvalue weighted by Crippen LogP contribution is -2.14. The second kappa shape index (κ2) is 7.31. The number of aromatic nitrogens is 2. The van der Waals surface area contributed by atoms with Gasteiger partial charge >= 0.3 is 6.18 Å². The molecule has 0 saturated carbocycles. The van der Waals surface area contributed by atoms with E-state index in [-0.39, 0.29) is 15.6 Å². The normalized spacial score (nSPS) is 12.2. The lowest BCUT2D eigenvalue weighted by molar-refractivity contribution is -0.141. The molecule has 28 heavy (non-hydrogen) atoms. The molecule has 1 aromatic heterocycles. The number of aryl methyl sites for hydroxylation is 1. The number of sulfonamides is 1. The van der Waals surface area contributed by atoms with Crippen molar-refractivity contribution >= 4 is 38.9 Å². The van der Waals surface area contributed by atoms with Gasteiger partial charge in [0.05, 0.1) is 10.7 Å². The van der Waals surface area contributed by atoms with Crippen molar-refractivity contribution in [1.82, 2.24) is 9.78 Å². The van der Waals surface area contributed by atoms with Crippen molar-refractivity contribution in [1.29, 1.82) is 0 Å². The van der Waals surface area contributed by atoms with Gasteiger partial charge in [0.25, 0.3) is 10.0 Å². The third-order valence-corrected chi connectivity index (χ3v) is 6.02. The number of rotatable bonds is 4. The van der Waals surface area contributed by atoms with E-state index in [0.29, 0.717) is 16.3 Å². The Balaban J connectivity index is 1.84. The minimum absolute atomic E-state index is 0.0315. The molecule has 1 heterocycles. The van der Waals surface area contributed by atoms with Gasteiger partial charge in [-0.05, 0) is 55.0 Å². The van der Waals surface area contributed by atoms with E-state index in [1.54, 1.807) is 6.92 Å². The number of anilines is 1. The Labute approximate surface area is 168 Å². The van der Waals surface area contributed by atoms with Gasteiger partial charge < -0.3 is 0 Å². The van der Waals surface area contributed by atoms with Crippen molar-refractivity contribution in [3.05, 3.63) is 70.0 Å². The van der Waals surface area contributed by atoms with Crippen LogP contribution in [0.4, 0.5) is 18.9 Å². The lowest BCUT2D eigenvalue weighted by Gasteiger charge is -2.11. The second-order valence-corrected chi connectivity index (χ2v) is 8.29. The van der Waals surface area contributed by atoms with Gasteiger partial charge in [0, 0.05) is 16.9 Å². The average molecular weight is 450 g/mol.